The summed E-state index contributed by atoms with van der Waals surface area (Å²) in [5.41, 5.74) is 4.99. The van der Waals surface area contributed by atoms with Crippen molar-refractivity contribution in [1.29, 1.82) is 0 Å². The first-order valence-corrected chi connectivity index (χ1v) is 14.1. The summed E-state index contributed by atoms with van der Waals surface area (Å²) in [7, 11) is 4.78. The van der Waals surface area contributed by atoms with Gasteiger partial charge in [0.25, 0.3) is 0 Å². The van der Waals surface area contributed by atoms with Gasteiger partial charge in [-0.05, 0) is 60.7 Å². The number of Topliss-reactive ketones (excluding diaryl/α,β-unsaturated/α-hetero) is 1. The van der Waals surface area contributed by atoms with Crippen LogP contribution in [0.1, 0.15) is 48.3 Å². The molecule has 0 aromatic heterocycles. The number of ether oxygens (including phenoxy) is 4. The smallest absolute Gasteiger partial charge is 0.337 e. The molecule has 41 heavy (non-hydrogen) atoms. The summed E-state index contributed by atoms with van der Waals surface area (Å²) in [4.78, 5) is 27.7. The van der Waals surface area contributed by atoms with Crippen LogP contribution in [0.2, 0.25) is 0 Å². The standard InChI is InChI=1S/C33H32BrNO6/c1-19-30(33(37)41-18-20-8-6-5-7-9-20)31(24-17-23(34)11-13-27(24)38-2)32-25(35-19)14-22(15-26(32)36)21-10-12-28(39-3)29(16-21)40-4/h5-13,16-17,22,31,35H,14-15,18H2,1-4H3/t22-,31+/m1/s1. The molecule has 0 bridgehead atoms. The zero-order valence-electron chi connectivity index (χ0n) is 23.5. The van der Waals surface area contributed by atoms with E-state index in [9.17, 15) is 9.59 Å². The zero-order chi connectivity index (χ0) is 29.1. The van der Waals surface area contributed by atoms with Gasteiger partial charge >= 0.3 is 5.97 Å². The molecule has 0 unspecified atom stereocenters. The SMILES string of the molecule is COc1ccc([C@H]2CC(=O)C3=C(C2)NC(C)=C(C(=O)OCc2ccccc2)[C@@H]3c2cc(Br)ccc2OC)cc1OC. The van der Waals surface area contributed by atoms with Gasteiger partial charge in [-0.2, -0.15) is 0 Å². The van der Waals surface area contributed by atoms with Crippen LogP contribution < -0.4 is 19.5 Å². The molecular formula is C33H32BrNO6. The number of benzene rings is 3. The summed E-state index contributed by atoms with van der Waals surface area (Å²) in [6, 6.07) is 20.9. The van der Waals surface area contributed by atoms with E-state index >= 15 is 0 Å². The number of hydrogen-bond acceptors (Lipinski definition) is 7. The van der Waals surface area contributed by atoms with Crippen LogP contribution in [0.15, 0.2) is 93.7 Å². The van der Waals surface area contributed by atoms with Crippen LogP contribution in [0.25, 0.3) is 0 Å². The number of dihydropyridines is 1. The van der Waals surface area contributed by atoms with Crippen molar-refractivity contribution in [3.8, 4) is 17.2 Å². The molecule has 0 saturated heterocycles. The minimum Gasteiger partial charge on any atom is -0.496 e. The summed E-state index contributed by atoms with van der Waals surface area (Å²) in [6.45, 7) is 1.98. The van der Waals surface area contributed by atoms with Gasteiger partial charge in [-0.1, -0.05) is 52.3 Å². The highest BCUT2D eigenvalue weighted by Gasteiger charge is 2.42. The second-order valence-corrected chi connectivity index (χ2v) is 11.0. The topological polar surface area (TPSA) is 83.1 Å². The third kappa shape index (κ3) is 5.75. The van der Waals surface area contributed by atoms with Crippen LogP contribution >= 0.6 is 15.9 Å². The molecule has 2 atom stereocenters. The maximum absolute atomic E-state index is 14.0. The number of carbonyl (C=O) groups excluding carboxylic acids is 2. The van der Waals surface area contributed by atoms with Gasteiger partial charge < -0.3 is 24.3 Å². The maximum atomic E-state index is 14.0. The third-order valence-corrected chi connectivity index (χ3v) is 8.14. The van der Waals surface area contributed by atoms with Crippen LogP contribution in [-0.4, -0.2) is 33.1 Å². The third-order valence-electron chi connectivity index (χ3n) is 7.64. The van der Waals surface area contributed by atoms with Gasteiger partial charge in [0.1, 0.15) is 12.4 Å². The Morgan fingerprint density at radius 3 is 2.32 bits per heavy atom. The fourth-order valence-corrected chi connectivity index (χ4v) is 6.07. The lowest BCUT2D eigenvalue weighted by Crippen LogP contribution is -2.36. The van der Waals surface area contributed by atoms with Gasteiger partial charge in [0.15, 0.2) is 17.3 Å². The van der Waals surface area contributed by atoms with Crippen molar-refractivity contribution >= 4 is 27.7 Å². The van der Waals surface area contributed by atoms with E-state index in [-0.39, 0.29) is 24.7 Å². The van der Waals surface area contributed by atoms with Crippen LogP contribution in [0, 0.1) is 0 Å². The fraction of sp³-hybridized carbons (Fsp3) is 0.273. The molecule has 0 fully saturated rings. The normalized spacial score (nSPS) is 18.4. The molecule has 1 aliphatic heterocycles. The van der Waals surface area contributed by atoms with Gasteiger partial charge in [0, 0.05) is 33.4 Å². The number of rotatable bonds is 8. The van der Waals surface area contributed by atoms with E-state index in [4.69, 9.17) is 18.9 Å². The lowest BCUT2D eigenvalue weighted by molar-refractivity contribution is -0.140. The van der Waals surface area contributed by atoms with Crippen molar-refractivity contribution in [1.82, 2.24) is 5.32 Å². The molecule has 1 aliphatic carbocycles. The molecule has 3 aromatic rings. The quantitative estimate of drug-likeness (QED) is 0.286. The van der Waals surface area contributed by atoms with Gasteiger partial charge in [0.05, 0.1) is 32.8 Å². The van der Waals surface area contributed by atoms with Crippen molar-refractivity contribution in [3.63, 3.8) is 0 Å². The van der Waals surface area contributed by atoms with E-state index in [1.165, 1.54) is 0 Å². The molecule has 7 nitrogen and oxygen atoms in total. The summed E-state index contributed by atoms with van der Waals surface area (Å²) in [6.07, 6.45) is 0.876. The van der Waals surface area contributed by atoms with Crippen molar-refractivity contribution in [2.75, 3.05) is 21.3 Å². The molecule has 3 aromatic carbocycles. The fourth-order valence-electron chi connectivity index (χ4n) is 5.69. The second kappa shape index (κ2) is 12.2. The number of allylic oxidation sites excluding steroid dienone is 3. The molecule has 8 heteroatoms. The Kier molecular flexibility index (Phi) is 8.49. The molecular weight excluding hydrogens is 586 g/mol. The van der Waals surface area contributed by atoms with Crippen molar-refractivity contribution < 1.29 is 28.5 Å². The molecule has 5 rings (SSSR count). The number of nitrogens with one attached hydrogen (secondary N) is 1. The zero-order valence-corrected chi connectivity index (χ0v) is 25.0. The molecule has 0 amide bonds. The molecule has 212 valence electrons. The van der Waals surface area contributed by atoms with Crippen LogP contribution in [0.3, 0.4) is 0 Å². The first-order chi connectivity index (χ1) is 19.8. The molecule has 0 saturated carbocycles. The summed E-state index contributed by atoms with van der Waals surface area (Å²) in [5, 5.41) is 3.41. The number of methoxy groups -OCH3 is 3. The van der Waals surface area contributed by atoms with E-state index in [1.807, 2.05) is 73.7 Å². The van der Waals surface area contributed by atoms with Crippen molar-refractivity contribution in [2.24, 2.45) is 0 Å². The number of carbonyl (C=O) groups is 2. The lowest BCUT2D eigenvalue weighted by atomic mass is 9.71. The Balaban J connectivity index is 1.56. The average molecular weight is 619 g/mol. The maximum Gasteiger partial charge on any atom is 0.337 e. The van der Waals surface area contributed by atoms with Crippen molar-refractivity contribution in [2.45, 2.75) is 38.2 Å². The summed E-state index contributed by atoms with van der Waals surface area (Å²) < 4.78 is 23.2. The van der Waals surface area contributed by atoms with Gasteiger partial charge in [-0.25, -0.2) is 4.79 Å². The minimum absolute atomic E-state index is 0.0357. The van der Waals surface area contributed by atoms with Gasteiger partial charge in [0.2, 0.25) is 0 Å². The Morgan fingerprint density at radius 2 is 1.61 bits per heavy atom. The molecule has 2 aliphatic rings. The predicted octanol–water partition coefficient (Wildman–Crippen LogP) is 6.58. The van der Waals surface area contributed by atoms with Crippen molar-refractivity contribution in [3.05, 3.63) is 110 Å². The summed E-state index contributed by atoms with van der Waals surface area (Å²) in [5.74, 6) is 0.596. The summed E-state index contributed by atoms with van der Waals surface area (Å²) >= 11 is 3.57. The van der Waals surface area contributed by atoms with Crippen LogP contribution in [0.4, 0.5) is 0 Å². The van der Waals surface area contributed by atoms with E-state index < -0.39 is 11.9 Å². The van der Waals surface area contributed by atoms with Gasteiger partial charge in [-0.15, -0.1) is 0 Å². The Hall–Kier alpha value is -4.04. The first-order valence-electron chi connectivity index (χ1n) is 13.3. The number of esters is 1. The lowest BCUT2D eigenvalue weighted by Gasteiger charge is -2.37. The highest BCUT2D eigenvalue weighted by molar-refractivity contribution is 9.10. The van der Waals surface area contributed by atoms with E-state index in [0.717, 1.165) is 26.9 Å². The highest BCUT2D eigenvalue weighted by atomic mass is 79.9. The van der Waals surface area contributed by atoms with E-state index in [2.05, 4.69) is 21.2 Å². The van der Waals surface area contributed by atoms with E-state index in [0.29, 0.717) is 40.5 Å². The Morgan fingerprint density at radius 1 is 0.902 bits per heavy atom. The number of halogens is 1. The predicted molar refractivity (Wildman–Crippen MR) is 159 cm³/mol. The minimum atomic E-state index is -0.652. The Labute approximate surface area is 248 Å². The van der Waals surface area contributed by atoms with Gasteiger partial charge in [-0.3, -0.25) is 4.79 Å². The molecule has 1 N–H and O–H groups in total. The second-order valence-electron chi connectivity index (χ2n) is 10.1. The largest absolute Gasteiger partial charge is 0.496 e. The first kappa shape index (κ1) is 28.5. The number of ketones is 1. The van der Waals surface area contributed by atoms with Crippen LogP contribution in [-0.2, 0) is 20.9 Å². The van der Waals surface area contributed by atoms with Crippen LogP contribution in [0.5, 0.6) is 17.2 Å². The van der Waals surface area contributed by atoms with E-state index in [1.54, 1.807) is 21.3 Å². The average Bonchev–Trinajstić information content (AvgIpc) is 2.99. The Bertz CT molecular complexity index is 1540. The molecule has 1 heterocycles. The monoisotopic (exact) mass is 617 g/mol. The molecule has 0 spiro atoms. The molecule has 0 radical (unpaired) electrons. The highest BCUT2D eigenvalue weighted by Crippen LogP contribution is 2.48. The number of hydrogen-bond donors (Lipinski definition) is 1.